The Kier molecular flexibility index (Phi) is 5.02. The summed E-state index contributed by atoms with van der Waals surface area (Å²) in [5.74, 6) is -0.226. The second-order valence-corrected chi connectivity index (χ2v) is 8.49. The van der Waals surface area contributed by atoms with Gasteiger partial charge in [0.05, 0.1) is 10.6 Å². The van der Waals surface area contributed by atoms with Crippen molar-refractivity contribution in [2.24, 2.45) is 4.99 Å². The Morgan fingerprint density at radius 3 is 2.44 bits per heavy atom. The van der Waals surface area contributed by atoms with Gasteiger partial charge in [-0.1, -0.05) is 56.6 Å². The standard InChI is InChI=1S/C20H17ClINO2/c1-20(2,3)13-6-4-12(5-7-13)10-17-19(24)25-18(23-17)15-11-14(22)8-9-16(15)21/h4-11H,1-3H3. The number of nitrogens with zero attached hydrogens (tertiary/aromatic N) is 1. The Hall–Kier alpha value is -1.66. The molecule has 25 heavy (non-hydrogen) atoms. The van der Waals surface area contributed by atoms with Gasteiger partial charge in [-0.3, -0.25) is 0 Å². The normalized spacial score (nSPS) is 16.1. The zero-order valence-corrected chi connectivity index (χ0v) is 17.1. The van der Waals surface area contributed by atoms with Crippen LogP contribution >= 0.6 is 34.2 Å². The molecule has 0 radical (unpaired) electrons. The number of halogens is 2. The number of carbonyl (C=O) groups is 1. The maximum Gasteiger partial charge on any atom is 0.363 e. The summed E-state index contributed by atoms with van der Waals surface area (Å²) in [6.07, 6.45) is 1.73. The predicted octanol–water partition coefficient (Wildman–Crippen LogP) is 5.59. The number of carbonyl (C=O) groups excluding carboxylic acids is 1. The summed E-state index contributed by atoms with van der Waals surface area (Å²) in [6, 6.07) is 13.6. The van der Waals surface area contributed by atoms with Crippen LogP contribution in [0.2, 0.25) is 5.02 Å². The summed E-state index contributed by atoms with van der Waals surface area (Å²) < 4.78 is 6.29. The van der Waals surface area contributed by atoms with Crippen LogP contribution in [0.25, 0.3) is 6.08 Å². The van der Waals surface area contributed by atoms with Crippen LogP contribution in [0.4, 0.5) is 0 Å². The summed E-state index contributed by atoms with van der Waals surface area (Å²) in [7, 11) is 0. The Morgan fingerprint density at radius 2 is 1.80 bits per heavy atom. The number of hydrogen-bond acceptors (Lipinski definition) is 3. The lowest BCUT2D eigenvalue weighted by atomic mass is 9.87. The molecule has 0 fully saturated rings. The second-order valence-electron chi connectivity index (χ2n) is 6.83. The van der Waals surface area contributed by atoms with Gasteiger partial charge in [0.15, 0.2) is 5.70 Å². The van der Waals surface area contributed by atoms with Crippen LogP contribution in [0.3, 0.4) is 0 Å². The molecule has 0 aromatic heterocycles. The zero-order chi connectivity index (χ0) is 18.2. The average Bonchev–Trinajstić information content (AvgIpc) is 2.90. The largest absolute Gasteiger partial charge is 0.402 e. The fourth-order valence-corrected chi connectivity index (χ4v) is 3.11. The molecule has 0 N–H and O–H groups in total. The van der Waals surface area contributed by atoms with Gasteiger partial charge in [0.25, 0.3) is 0 Å². The van der Waals surface area contributed by atoms with Gasteiger partial charge in [-0.05, 0) is 63.4 Å². The van der Waals surface area contributed by atoms with Crippen molar-refractivity contribution in [1.29, 1.82) is 0 Å². The minimum Gasteiger partial charge on any atom is -0.402 e. The molecule has 0 amide bonds. The Bertz CT molecular complexity index is 893. The van der Waals surface area contributed by atoms with Gasteiger partial charge in [-0.2, -0.15) is 0 Å². The number of rotatable bonds is 2. The van der Waals surface area contributed by atoms with Crippen molar-refractivity contribution in [3.05, 3.63) is 73.4 Å². The van der Waals surface area contributed by atoms with E-state index in [1.54, 1.807) is 12.1 Å². The van der Waals surface area contributed by atoms with E-state index in [0.29, 0.717) is 10.6 Å². The molecular weight excluding hydrogens is 449 g/mol. The van der Waals surface area contributed by atoms with Gasteiger partial charge in [0.2, 0.25) is 5.90 Å². The molecular formula is C20H17ClINO2. The highest BCUT2D eigenvalue weighted by Gasteiger charge is 2.25. The van der Waals surface area contributed by atoms with Crippen molar-refractivity contribution in [3.63, 3.8) is 0 Å². The second kappa shape index (κ2) is 6.92. The molecule has 0 unspecified atom stereocenters. The van der Waals surface area contributed by atoms with Crippen molar-refractivity contribution in [2.75, 3.05) is 0 Å². The van der Waals surface area contributed by atoms with Gasteiger partial charge < -0.3 is 4.74 Å². The maximum atomic E-state index is 12.1. The van der Waals surface area contributed by atoms with Crippen LogP contribution in [0.1, 0.15) is 37.5 Å². The summed E-state index contributed by atoms with van der Waals surface area (Å²) in [6.45, 7) is 6.49. The van der Waals surface area contributed by atoms with Crippen LogP contribution in [0.5, 0.6) is 0 Å². The SMILES string of the molecule is CC(C)(C)c1ccc(C=C2N=C(c3cc(I)ccc3Cl)OC2=O)cc1. The van der Waals surface area contributed by atoms with Gasteiger partial charge in [-0.25, -0.2) is 9.79 Å². The fourth-order valence-electron chi connectivity index (χ4n) is 2.42. The van der Waals surface area contributed by atoms with Crippen molar-refractivity contribution in [2.45, 2.75) is 26.2 Å². The molecule has 0 aliphatic carbocycles. The quantitative estimate of drug-likeness (QED) is 0.330. The Balaban J connectivity index is 1.92. The number of hydrogen-bond donors (Lipinski definition) is 0. The molecule has 2 aromatic carbocycles. The van der Waals surface area contributed by atoms with Crippen LogP contribution < -0.4 is 0 Å². The third-order valence-electron chi connectivity index (χ3n) is 3.86. The van der Waals surface area contributed by atoms with Crippen LogP contribution in [0, 0.1) is 3.57 Å². The monoisotopic (exact) mass is 465 g/mol. The molecule has 1 aliphatic heterocycles. The lowest BCUT2D eigenvalue weighted by molar-refractivity contribution is -0.129. The minimum atomic E-state index is -0.468. The number of esters is 1. The van der Waals surface area contributed by atoms with Crippen LogP contribution in [-0.4, -0.2) is 11.9 Å². The van der Waals surface area contributed by atoms with Crippen molar-refractivity contribution < 1.29 is 9.53 Å². The van der Waals surface area contributed by atoms with Gasteiger partial charge in [0, 0.05) is 3.57 Å². The Labute approximate surface area is 165 Å². The topological polar surface area (TPSA) is 38.7 Å². The summed E-state index contributed by atoms with van der Waals surface area (Å²) in [4.78, 5) is 16.5. The minimum absolute atomic E-state index is 0.0878. The number of aliphatic imine (C=N–C) groups is 1. The van der Waals surface area contributed by atoms with Gasteiger partial charge >= 0.3 is 5.97 Å². The van der Waals surface area contributed by atoms with Gasteiger partial charge in [-0.15, -0.1) is 0 Å². The Morgan fingerprint density at radius 1 is 1.12 bits per heavy atom. The first-order chi connectivity index (χ1) is 11.7. The first kappa shape index (κ1) is 18.1. The summed E-state index contributed by atoms with van der Waals surface area (Å²) >= 11 is 8.38. The van der Waals surface area contributed by atoms with E-state index < -0.39 is 5.97 Å². The summed E-state index contributed by atoms with van der Waals surface area (Å²) in [5.41, 5.74) is 3.11. The van der Waals surface area contributed by atoms with Crippen LogP contribution in [0.15, 0.2) is 53.2 Å². The van der Waals surface area contributed by atoms with E-state index in [-0.39, 0.29) is 17.0 Å². The fraction of sp³-hybridized carbons (Fsp3) is 0.200. The van der Waals surface area contributed by atoms with E-state index in [2.05, 4.69) is 60.5 Å². The van der Waals surface area contributed by atoms with Gasteiger partial charge in [0.1, 0.15) is 0 Å². The highest BCUT2D eigenvalue weighted by molar-refractivity contribution is 14.1. The molecule has 2 aromatic rings. The molecule has 1 aliphatic rings. The molecule has 1 heterocycles. The first-order valence-electron chi connectivity index (χ1n) is 7.82. The summed E-state index contributed by atoms with van der Waals surface area (Å²) in [5, 5.41) is 0.503. The van der Waals surface area contributed by atoms with E-state index in [4.69, 9.17) is 16.3 Å². The molecule has 0 saturated carbocycles. The molecule has 128 valence electrons. The van der Waals surface area contributed by atoms with E-state index in [0.717, 1.165) is 9.13 Å². The lowest BCUT2D eigenvalue weighted by Crippen LogP contribution is -2.10. The highest BCUT2D eigenvalue weighted by atomic mass is 127. The highest BCUT2D eigenvalue weighted by Crippen LogP contribution is 2.26. The smallest absolute Gasteiger partial charge is 0.363 e. The first-order valence-corrected chi connectivity index (χ1v) is 9.28. The predicted molar refractivity (Wildman–Crippen MR) is 110 cm³/mol. The van der Waals surface area contributed by atoms with E-state index in [1.165, 1.54) is 5.56 Å². The van der Waals surface area contributed by atoms with E-state index in [1.807, 2.05) is 24.3 Å². The lowest BCUT2D eigenvalue weighted by Gasteiger charge is -2.18. The molecule has 0 saturated heterocycles. The molecule has 5 heteroatoms. The molecule has 0 atom stereocenters. The molecule has 3 rings (SSSR count). The van der Waals surface area contributed by atoms with Crippen LogP contribution in [-0.2, 0) is 14.9 Å². The van der Waals surface area contributed by atoms with Crippen molar-refractivity contribution >= 4 is 52.1 Å². The molecule has 0 spiro atoms. The third-order valence-corrected chi connectivity index (χ3v) is 4.86. The van der Waals surface area contributed by atoms with E-state index >= 15 is 0 Å². The van der Waals surface area contributed by atoms with E-state index in [9.17, 15) is 4.79 Å². The maximum absolute atomic E-state index is 12.1. The number of cyclic esters (lactones) is 1. The molecule has 0 bridgehead atoms. The van der Waals surface area contributed by atoms with Crippen molar-refractivity contribution in [1.82, 2.24) is 0 Å². The third kappa shape index (κ3) is 4.12. The average molecular weight is 466 g/mol. The number of ether oxygens (including phenoxy) is 1. The van der Waals surface area contributed by atoms with Crippen molar-refractivity contribution in [3.8, 4) is 0 Å². The molecule has 3 nitrogen and oxygen atoms in total. The number of benzene rings is 2. The zero-order valence-electron chi connectivity index (χ0n) is 14.1.